The van der Waals surface area contributed by atoms with Gasteiger partial charge in [0.25, 0.3) is 0 Å². The summed E-state index contributed by atoms with van der Waals surface area (Å²) in [7, 11) is 1.55. The van der Waals surface area contributed by atoms with Crippen molar-refractivity contribution in [2.75, 3.05) is 18.2 Å². The first-order valence-corrected chi connectivity index (χ1v) is 6.53. The molecule has 0 saturated carbocycles. The average molecular weight is 283 g/mol. The molecule has 1 aromatic heterocycles. The molecule has 0 atom stereocenters. The van der Waals surface area contributed by atoms with Crippen LogP contribution in [-0.4, -0.2) is 17.1 Å². The summed E-state index contributed by atoms with van der Waals surface area (Å²) in [5.41, 5.74) is 6.84. The van der Waals surface area contributed by atoms with Gasteiger partial charge in [-0.3, -0.25) is 0 Å². The molecule has 2 aromatic rings. The number of nitriles is 1. The van der Waals surface area contributed by atoms with E-state index in [0.29, 0.717) is 34.5 Å². The number of methoxy groups -OCH3 is 1. The molecule has 1 aromatic carbocycles. The van der Waals surface area contributed by atoms with Gasteiger partial charge in [0, 0.05) is 12.0 Å². The van der Waals surface area contributed by atoms with Crippen molar-refractivity contribution >= 4 is 17.3 Å². The van der Waals surface area contributed by atoms with Crippen LogP contribution in [0, 0.1) is 11.3 Å². The van der Waals surface area contributed by atoms with Crippen molar-refractivity contribution in [3.8, 4) is 11.8 Å². The Balaban J connectivity index is 2.45. The number of nitrogen functional groups attached to an aromatic ring is 1. The van der Waals surface area contributed by atoms with Gasteiger partial charge in [-0.1, -0.05) is 19.9 Å². The maximum atomic E-state index is 9.21. The third-order valence-electron chi connectivity index (χ3n) is 2.90. The molecule has 0 aliphatic carbocycles. The van der Waals surface area contributed by atoms with Crippen molar-refractivity contribution in [2.45, 2.75) is 19.8 Å². The normalized spacial score (nSPS) is 10.2. The van der Waals surface area contributed by atoms with E-state index in [2.05, 4.69) is 21.4 Å². The summed E-state index contributed by atoms with van der Waals surface area (Å²) < 4.78 is 5.28. The molecule has 0 bridgehead atoms. The second kappa shape index (κ2) is 6.09. The zero-order valence-corrected chi connectivity index (χ0v) is 12.2. The number of nitrogens with one attached hydrogen (secondary N) is 1. The van der Waals surface area contributed by atoms with Gasteiger partial charge in [-0.15, -0.1) is 0 Å². The standard InChI is InChI=1S/C15H17N5O/c1-9(2)15-18-12(17)7-13(20-15)19-14-10(8-16)5-4-6-11(14)21-3/h4-7,9H,1-3H3,(H3,17,18,19,20). The minimum absolute atomic E-state index is 0.155. The SMILES string of the molecule is COc1cccc(C#N)c1Nc1cc(N)nc(C(C)C)n1. The van der Waals surface area contributed by atoms with E-state index in [9.17, 15) is 5.26 Å². The van der Waals surface area contributed by atoms with E-state index >= 15 is 0 Å². The highest BCUT2D eigenvalue weighted by molar-refractivity contribution is 5.72. The number of anilines is 3. The second-order valence-corrected chi connectivity index (χ2v) is 4.81. The first-order valence-electron chi connectivity index (χ1n) is 6.53. The molecule has 0 unspecified atom stereocenters. The predicted molar refractivity (Wildman–Crippen MR) is 81.5 cm³/mol. The molecule has 21 heavy (non-hydrogen) atoms. The van der Waals surface area contributed by atoms with Crippen LogP contribution in [0.2, 0.25) is 0 Å². The Morgan fingerprint density at radius 1 is 1.33 bits per heavy atom. The summed E-state index contributed by atoms with van der Waals surface area (Å²) in [5, 5.41) is 12.3. The molecule has 6 nitrogen and oxygen atoms in total. The minimum Gasteiger partial charge on any atom is -0.495 e. The number of nitrogens with two attached hydrogens (primary N) is 1. The van der Waals surface area contributed by atoms with E-state index in [1.807, 2.05) is 13.8 Å². The van der Waals surface area contributed by atoms with Crippen LogP contribution in [0.3, 0.4) is 0 Å². The summed E-state index contributed by atoms with van der Waals surface area (Å²) in [5.74, 6) is 2.28. The zero-order valence-electron chi connectivity index (χ0n) is 12.2. The lowest BCUT2D eigenvalue weighted by atomic mass is 10.1. The molecule has 0 radical (unpaired) electrons. The van der Waals surface area contributed by atoms with Crippen LogP contribution in [0.4, 0.5) is 17.3 Å². The molecule has 0 saturated heterocycles. The molecule has 0 amide bonds. The van der Waals surface area contributed by atoms with Crippen molar-refractivity contribution < 1.29 is 4.74 Å². The zero-order chi connectivity index (χ0) is 15.4. The highest BCUT2D eigenvalue weighted by atomic mass is 16.5. The Hall–Kier alpha value is -2.81. The third kappa shape index (κ3) is 3.20. The van der Waals surface area contributed by atoms with Crippen molar-refractivity contribution in [1.29, 1.82) is 5.26 Å². The Morgan fingerprint density at radius 3 is 2.71 bits per heavy atom. The van der Waals surface area contributed by atoms with Gasteiger partial charge in [0.05, 0.1) is 12.7 Å². The fourth-order valence-corrected chi connectivity index (χ4v) is 1.86. The summed E-state index contributed by atoms with van der Waals surface area (Å²) >= 11 is 0. The van der Waals surface area contributed by atoms with Crippen LogP contribution in [0.15, 0.2) is 24.3 Å². The van der Waals surface area contributed by atoms with Gasteiger partial charge in [0.15, 0.2) is 0 Å². The Morgan fingerprint density at radius 2 is 2.10 bits per heavy atom. The van der Waals surface area contributed by atoms with Crippen molar-refractivity contribution in [3.63, 3.8) is 0 Å². The average Bonchev–Trinajstić information content (AvgIpc) is 2.46. The largest absolute Gasteiger partial charge is 0.495 e. The van der Waals surface area contributed by atoms with Gasteiger partial charge >= 0.3 is 0 Å². The van der Waals surface area contributed by atoms with Crippen LogP contribution in [0.1, 0.15) is 31.2 Å². The van der Waals surface area contributed by atoms with Crippen molar-refractivity contribution in [3.05, 3.63) is 35.7 Å². The van der Waals surface area contributed by atoms with Crippen molar-refractivity contribution in [2.24, 2.45) is 0 Å². The van der Waals surface area contributed by atoms with Crippen LogP contribution < -0.4 is 15.8 Å². The fourth-order valence-electron chi connectivity index (χ4n) is 1.86. The highest BCUT2D eigenvalue weighted by Crippen LogP contribution is 2.31. The number of ether oxygens (including phenoxy) is 1. The maximum Gasteiger partial charge on any atom is 0.143 e. The van der Waals surface area contributed by atoms with E-state index in [-0.39, 0.29) is 5.92 Å². The van der Waals surface area contributed by atoms with Crippen LogP contribution in [-0.2, 0) is 0 Å². The van der Waals surface area contributed by atoms with Gasteiger partial charge in [-0.2, -0.15) is 5.26 Å². The highest BCUT2D eigenvalue weighted by Gasteiger charge is 2.12. The van der Waals surface area contributed by atoms with E-state index in [1.54, 1.807) is 31.4 Å². The molecule has 1 heterocycles. The summed E-state index contributed by atoms with van der Waals surface area (Å²) in [6, 6.07) is 8.99. The molecule has 0 fully saturated rings. The van der Waals surface area contributed by atoms with Gasteiger partial charge in [-0.25, -0.2) is 9.97 Å². The number of hydrogen-bond donors (Lipinski definition) is 2. The number of aromatic nitrogens is 2. The van der Waals surface area contributed by atoms with E-state index in [4.69, 9.17) is 10.5 Å². The summed E-state index contributed by atoms with van der Waals surface area (Å²) in [4.78, 5) is 8.60. The Labute approximate surface area is 123 Å². The van der Waals surface area contributed by atoms with Crippen LogP contribution in [0.25, 0.3) is 0 Å². The van der Waals surface area contributed by atoms with E-state index in [1.165, 1.54) is 0 Å². The summed E-state index contributed by atoms with van der Waals surface area (Å²) in [6.45, 7) is 3.98. The lowest BCUT2D eigenvalue weighted by Crippen LogP contribution is -2.06. The van der Waals surface area contributed by atoms with Gasteiger partial charge in [-0.05, 0) is 12.1 Å². The fraction of sp³-hybridized carbons (Fsp3) is 0.267. The topological polar surface area (TPSA) is 96.8 Å². The minimum atomic E-state index is 0.155. The first-order chi connectivity index (χ1) is 10.0. The molecule has 3 N–H and O–H groups in total. The van der Waals surface area contributed by atoms with Crippen LogP contribution in [0.5, 0.6) is 5.75 Å². The predicted octanol–water partition coefficient (Wildman–Crippen LogP) is 2.81. The van der Waals surface area contributed by atoms with Crippen molar-refractivity contribution in [1.82, 2.24) is 9.97 Å². The third-order valence-corrected chi connectivity index (χ3v) is 2.90. The van der Waals surface area contributed by atoms with E-state index in [0.717, 1.165) is 0 Å². The van der Waals surface area contributed by atoms with Gasteiger partial charge in [0.1, 0.15) is 35.0 Å². The number of benzene rings is 1. The number of rotatable bonds is 4. The number of para-hydroxylation sites is 1. The molecule has 0 spiro atoms. The molecule has 0 aliphatic heterocycles. The molecule has 2 rings (SSSR count). The lowest BCUT2D eigenvalue weighted by molar-refractivity contribution is 0.416. The molecule has 6 heteroatoms. The lowest BCUT2D eigenvalue weighted by Gasteiger charge is -2.13. The first kappa shape index (κ1) is 14.6. The molecule has 0 aliphatic rings. The maximum absolute atomic E-state index is 9.21. The van der Waals surface area contributed by atoms with E-state index < -0.39 is 0 Å². The Kier molecular flexibility index (Phi) is 4.24. The molecular weight excluding hydrogens is 266 g/mol. The van der Waals surface area contributed by atoms with Gasteiger partial charge in [0.2, 0.25) is 0 Å². The number of nitrogens with zero attached hydrogens (tertiary/aromatic N) is 3. The molecular formula is C15H17N5O. The molecule has 108 valence electrons. The number of hydrogen-bond acceptors (Lipinski definition) is 6. The van der Waals surface area contributed by atoms with Gasteiger partial charge < -0.3 is 15.8 Å². The summed E-state index contributed by atoms with van der Waals surface area (Å²) in [6.07, 6.45) is 0. The smallest absolute Gasteiger partial charge is 0.143 e. The van der Waals surface area contributed by atoms with Crippen LogP contribution >= 0.6 is 0 Å². The monoisotopic (exact) mass is 283 g/mol. The Bertz CT molecular complexity index is 691. The quantitative estimate of drug-likeness (QED) is 0.895. The second-order valence-electron chi connectivity index (χ2n) is 4.81.